The molecule has 18 heavy (non-hydrogen) atoms. The smallest absolute Gasteiger partial charge is 0.125 e. The third-order valence-electron chi connectivity index (χ3n) is 2.99. The molecule has 0 fully saturated rings. The summed E-state index contributed by atoms with van der Waals surface area (Å²) in [4.78, 5) is 11.9. The first kappa shape index (κ1) is 11.2. The van der Waals surface area contributed by atoms with Crippen LogP contribution in [0.5, 0.6) is 0 Å². The van der Waals surface area contributed by atoms with E-state index in [1.165, 1.54) is 0 Å². The fraction of sp³-hybridized carbons (Fsp3) is 0.143. The lowest BCUT2D eigenvalue weighted by atomic mass is 10.1. The SMILES string of the molecule is Cc1ncc(Cl)c(-c2c(C)[nH]c3ccccc23)n1. The first-order valence-corrected chi connectivity index (χ1v) is 6.11. The molecular formula is C14H12ClN3. The Bertz CT molecular complexity index is 731. The average Bonchev–Trinajstić information content (AvgIpc) is 2.68. The van der Waals surface area contributed by atoms with Crippen LogP contribution < -0.4 is 0 Å². The highest BCUT2D eigenvalue weighted by molar-refractivity contribution is 6.33. The summed E-state index contributed by atoms with van der Waals surface area (Å²) in [6.45, 7) is 3.90. The summed E-state index contributed by atoms with van der Waals surface area (Å²) in [6.07, 6.45) is 1.65. The number of rotatable bonds is 1. The molecule has 0 saturated heterocycles. The number of aromatic amines is 1. The average molecular weight is 258 g/mol. The number of hydrogen-bond donors (Lipinski definition) is 1. The van der Waals surface area contributed by atoms with Gasteiger partial charge in [0.05, 0.1) is 10.7 Å². The second kappa shape index (κ2) is 4.10. The molecule has 0 aliphatic rings. The fourth-order valence-corrected chi connectivity index (χ4v) is 2.40. The summed E-state index contributed by atoms with van der Waals surface area (Å²) in [7, 11) is 0. The van der Waals surface area contributed by atoms with E-state index in [1.54, 1.807) is 6.20 Å². The van der Waals surface area contributed by atoms with Crippen LogP contribution in [0.15, 0.2) is 30.5 Å². The molecular weight excluding hydrogens is 246 g/mol. The lowest BCUT2D eigenvalue weighted by Gasteiger charge is -2.04. The van der Waals surface area contributed by atoms with Crippen LogP contribution in [0.4, 0.5) is 0 Å². The van der Waals surface area contributed by atoms with Gasteiger partial charge in [-0.15, -0.1) is 0 Å². The van der Waals surface area contributed by atoms with Gasteiger partial charge in [0.25, 0.3) is 0 Å². The number of halogens is 1. The van der Waals surface area contributed by atoms with Gasteiger partial charge in [-0.3, -0.25) is 0 Å². The molecule has 3 aromatic rings. The van der Waals surface area contributed by atoms with Crippen LogP contribution in [0.1, 0.15) is 11.5 Å². The Morgan fingerprint density at radius 1 is 1.17 bits per heavy atom. The predicted octanol–water partition coefficient (Wildman–Crippen LogP) is 3.90. The third-order valence-corrected chi connectivity index (χ3v) is 3.27. The maximum atomic E-state index is 6.22. The van der Waals surface area contributed by atoms with Gasteiger partial charge in [0.15, 0.2) is 0 Å². The van der Waals surface area contributed by atoms with Crippen molar-refractivity contribution in [1.29, 1.82) is 0 Å². The normalized spacial score (nSPS) is 11.1. The van der Waals surface area contributed by atoms with Gasteiger partial charge < -0.3 is 4.98 Å². The van der Waals surface area contributed by atoms with E-state index in [4.69, 9.17) is 11.6 Å². The number of nitrogens with one attached hydrogen (secondary N) is 1. The van der Waals surface area contributed by atoms with E-state index < -0.39 is 0 Å². The Kier molecular flexibility index (Phi) is 2.56. The summed E-state index contributed by atoms with van der Waals surface area (Å²) in [5.74, 6) is 0.721. The zero-order valence-electron chi connectivity index (χ0n) is 10.2. The van der Waals surface area contributed by atoms with E-state index in [1.807, 2.05) is 32.0 Å². The van der Waals surface area contributed by atoms with E-state index in [-0.39, 0.29) is 0 Å². The first-order valence-electron chi connectivity index (χ1n) is 5.73. The number of aryl methyl sites for hydroxylation is 2. The lowest BCUT2D eigenvalue weighted by Crippen LogP contribution is -1.92. The summed E-state index contributed by atoms with van der Waals surface area (Å²) in [6, 6.07) is 8.14. The van der Waals surface area contributed by atoms with Crippen molar-refractivity contribution in [3.8, 4) is 11.3 Å². The molecule has 0 spiro atoms. The third kappa shape index (κ3) is 1.68. The van der Waals surface area contributed by atoms with Crippen molar-refractivity contribution in [2.45, 2.75) is 13.8 Å². The zero-order valence-corrected chi connectivity index (χ0v) is 10.9. The molecule has 0 aliphatic carbocycles. The molecule has 0 amide bonds. The Morgan fingerprint density at radius 3 is 2.78 bits per heavy atom. The van der Waals surface area contributed by atoms with Gasteiger partial charge >= 0.3 is 0 Å². The Hall–Kier alpha value is -1.87. The maximum absolute atomic E-state index is 6.22. The van der Waals surface area contributed by atoms with Crippen LogP contribution in [0.3, 0.4) is 0 Å². The second-order valence-electron chi connectivity index (χ2n) is 4.28. The van der Waals surface area contributed by atoms with Gasteiger partial charge in [-0.1, -0.05) is 29.8 Å². The van der Waals surface area contributed by atoms with Crippen molar-refractivity contribution < 1.29 is 0 Å². The molecule has 3 rings (SSSR count). The van der Waals surface area contributed by atoms with Gasteiger partial charge in [0.2, 0.25) is 0 Å². The molecule has 4 heteroatoms. The van der Waals surface area contributed by atoms with Crippen molar-refractivity contribution in [2.75, 3.05) is 0 Å². The van der Waals surface area contributed by atoms with Gasteiger partial charge in [-0.05, 0) is 19.9 Å². The highest BCUT2D eigenvalue weighted by atomic mass is 35.5. The first-order chi connectivity index (χ1) is 8.66. The molecule has 1 N–H and O–H groups in total. The van der Waals surface area contributed by atoms with Gasteiger partial charge in [-0.25, -0.2) is 9.97 Å². The fourth-order valence-electron chi connectivity index (χ4n) is 2.21. The standard InChI is InChI=1S/C14H12ClN3/c1-8-13(10-5-3-4-6-12(10)17-8)14-11(15)7-16-9(2)18-14/h3-7,17H,1-2H3. The molecule has 0 aliphatic heterocycles. The second-order valence-corrected chi connectivity index (χ2v) is 4.69. The van der Waals surface area contributed by atoms with Crippen LogP contribution in [-0.4, -0.2) is 15.0 Å². The monoisotopic (exact) mass is 257 g/mol. The number of H-pyrrole nitrogens is 1. The Labute approximate surface area is 110 Å². The van der Waals surface area contributed by atoms with E-state index >= 15 is 0 Å². The van der Waals surface area contributed by atoms with Crippen LogP contribution in [0.2, 0.25) is 5.02 Å². The van der Waals surface area contributed by atoms with Crippen molar-refractivity contribution >= 4 is 22.5 Å². The van der Waals surface area contributed by atoms with Crippen molar-refractivity contribution in [1.82, 2.24) is 15.0 Å². The highest BCUT2D eigenvalue weighted by Crippen LogP contribution is 2.34. The van der Waals surface area contributed by atoms with E-state index in [9.17, 15) is 0 Å². The molecule has 3 nitrogen and oxygen atoms in total. The van der Waals surface area contributed by atoms with E-state index in [0.717, 1.165) is 33.7 Å². The summed E-state index contributed by atoms with van der Waals surface area (Å²) in [5, 5.41) is 1.71. The quantitative estimate of drug-likeness (QED) is 0.718. The minimum absolute atomic E-state index is 0.577. The minimum atomic E-state index is 0.577. The molecule has 0 unspecified atom stereocenters. The van der Waals surface area contributed by atoms with Gasteiger partial charge in [0, 0.05) is 28.4 Å². The molecule has 1 aromatic carbocycles. The number of benzene rings is 1. The van der Waals surface area contributed by atoms with Crippen molar-refractivity contribution in [3.63, 3.8) is 0 Å². The highest BCUT2D eigenvalue weighted by Gasteiger charge is 2.14. The largest absolute Gasteiger partial charge is 0.358 e. The van der Waals surface area contributed by atoms with Crippen molar-refractivity contribution in [3.05, 3.63) is 47.0 Å². The lowest BCUT2D eigenvalue weighted by molar-refractivity contribution is 1.06. The summed E-state index contributed by atoms with van der Waals surface area (Å²) in [5.41, 5.74) is 4.01. The molecule has 0 saturated carbocycles. The number of hydrogen-bond acceptors (Lipinski definition) is 2. The number of nitrogens with zero attached hydrogens (tertiary/aromatic N) is 2. The van der Waals surface area contributed by atoms with Crippen LogP contribution in [0, 0.1) is 13.8 Å². The van der Waals surface area contributed by atoms with Crippen LogP contribution in [-0.2, 0) is 0 Å². The Morgan fingerprint density at radius 2 is 1.94 bits per heavy atom. The topological polar surface area (TPSA) is 41.6 Å². The maximum Gasteiger partial charge on any atom is 0.125 e. The number of para-hydroxylation sites is 1. The predicted molar refractivity (Wildman–Crippen MR) is 73.8 cm³/mol. The van der Waals surface area contributed by atoms with Crippen LogP contribution >= 0.6 is 11.6 Å². The van der Waals surface area contributed by atoms with E-state index in [0.29, 0.717) is 5.02 Å². The molecule has 0 bridgehead atoms. The number of fused-ring (bicyclic) bond motifs is 1. The number of aromatic nitrogens is 3. The minimum Gasteiger partial charge on any atom is -0.358 e. The van der Waals surface area contributed by atoms with Crippen LogP contribution in [0.25, 0.3) is 22.2 Å². The van der Waals surface area contributed by atoms with Crippen molar-refractivity contribution in [2.24, 2.45) is 0 Å². The molecule has 2 heterocycles. The van der Waals surface area contributed by atoms with Gasteiger partial charge in [0.1, 0.15) is 5.82 Å². The molecule has 2 aromatic heterocycles. The summed E-state index contributed by atoms with van der Waals surface area (Å²) < 4.78 is 0. The summed E-state index contributed by atoms with van der Waals surface area (Å²) >= 11 is 6.22. The van der Waals surface area contributed by atoms with Gasteiger partial charge in [-0.2, -0.15) is 0 Å². The molecule has 0 radical (unpaired) electrons. The molecule has 90 valence electrons. The molecule has 0 atom stereocenters. The van der Waals surface area contributed by atoms with E-state index in [2.05, 4.69) is 21.0 Å². The Balaban J connectivity index is 2.37. The zero-order chi connectivity index (χ0) is 12.7.